The molecule has 0 spiro atoms. The van der Waals surface area contributed by atoms with Gasteiger partial charge in [-0.3, -0.25) is 9.80 Å². The van der Waals surface area contributed by atoms with Crippen LogP contribution in [0.3, 0.4) is 0 Å². The molecule has 0 aliphatic carbocycles. The SMILES string of the molecule is Cn1c(N(c2ccccc2)c2ccc3ccc4cccc5ccc2c3c45)ccc1N(c1ccccc1)c1ccc2ccc3cccc4ccc1c2c34. The quantitative estimate of drug-likeness (QED) is 0.164. The molecule has 0 amide bonds. The molecule has 0 saturated heterocycles. The number of aromatic nitrogens is 1. The van der Waals surface area contributed by atoms with Gasteiger partial charge in [0.25, 0.3) is 0 Å². The van der Waals surface area contributed by atoms with E-state index in [1.165, 1.54) is 64.6 Å². The molecule has 10 aromatic carbocycles. The molecule has 0 aliphatic heterocycles. The second-order valence-corrected chi connectivity index (χ2v) is 13.8. The second kappa shape index (κ2) is 11.1. The van der Waals surface area contributed by atoms with Crippen LogP contribution in [0.25, 0.3) is 64.6 Å². The molecule has 0 unspecified atom stereocenters. The summed E-state index contributed by atoms with van der Waals surface area (Å²) in [4.78, 5) is 4.84. The van der Waals surface area contributed by atoms with Crippen molar-refractivity contribution < 1.29 is 0 Å². The third kappa shape index (κ3) is 4.14. The number of anilines is 6. The van der Waals surface area contributed by atoms with Gasteiger partial charge in [-0.1, -0.05) is 133 Å². The van der Waals surface area contributed by atoms with Crippen LogP contribution in [0.2, 0.25) is 0 Å². The van der Waals surface area contributed by atoms with E-state index < -0.39 is 0 Å². The normalized spacial score (nSPS) is 11.9. The lowest BCUT2D eigenvalue weighted by molar-refractivity contribution is 0.902. The third-order valence-electron chi connectivity index (χ3n) is 11.0. The van der Waals surface area contributed by atoms with Crippen molar-refractivity contribution >= 4 is 99.0 Å². The highest BCUT2D eigenvalue weighted by Gasteiger charge is 2.25. The zero-order valence-electron chi connectivity index (χ0n) is 28.7. The smallest absolute Gasteiger partial charge is 0.119 e. The lowest BCUT2D eigenvalue weighted by Crippen LogP contribution is -2.18. The Hall–Kier alpha value is -6.84. The van der Waals surface area contributed by atoms with E-state index in [9.17, 15) is 0 Å². The van der Waals surface area contributed by atoms with E-state index in [2.05, 4.69) is 203 Å². The van der Waals surface area contributed by atoms with Crippen LogP contribution >= 0.6 is 0 Å². The van der Waals surface area contributed by atoms with Gasteiger partial charge in [-0.2, -0.15) is 0 Å². The summed E-state index contributed by atoms with van der Waals surface area (Å²) in [7, 11) is 2.20. The zero-order chi connectivity index (χ0) is 34.3. The molecule has 0 atom stereocenters. The summed E-state index contributed by atoms with van der Waals surface area (Å²) in [6, 6.07) is 66.6. The number of hydrogen-bond acceptors (Lipinski definition) is 2. The number of rotatable bonds is 6. The van der Waals surface area contributed by atoms with E-state index in [0.29, 0.717) is 0 Å². The number of benzene rings is 10. The van der Waals surface area contributed by atoms with Crippen LogP contribution in [0.4, 0.5) is 34.4 Å². The summed E-state index contributed by atoms with van der Waals surface area (Å²) >= 11 is 0. The summed E-state index contributed by atoms with van der Waals surface area (Å²) in [5.74, 6) is 2.16. The Labute approximate surface area is 301 Å². The Kier molecular flexibility index (Phi) is 6.17. The minimum atomic E-state index is 1.08. The van der Waals surface area contributed by atoms with E-state index in [-0.39, 0.29) is 0 Å². The lowest BCUT2D eigenvalue weighted by Gasteiger charge is -2.31. The molecular formula is C49H33N3. The van der Waals surface area contributed by atoms with Crippen LogP contribution < -0.4 is 9.80 Å². The van der Waals surface area contributed by atoms with Crippen molar-refractivity contribution in [3.63, 3.8) is 0 Å². The van der Waals surface area contributed by atoms with Crippen molar-refractivity contribution in [3.8, 4) is 0 Å². The van der Waals surface area contributed by atoms with Gasteiger partial charge in [0.15, 0.2) is 0 Å². The van der Waals surface area contributed by atoms with Crippen molar-refractivity contribution in [2.24, 2.45) is 7.05 Å². The largest absolute Gasteiger partial charge is 0.316 e. The monoisotopic (exact) mass is 663 g/mol. The molecule has 52 heavy (non-hydrogen) atoms. The fourth-order valence-corrected chi connectivity index (χ4v) is 8.71. The second-order valence-electron chi connectivity index (χ2n) is 13.8. The molecule has 0 N–H and O–H groups in total. The zero-order valence-corrected chi connectivity index (χ0v) is 28.7. The average Bonchev–Trinajstić information content (AvgIpc) is 3.57. The van der Waals surface area contributed by atoms with Crippen molar-refractivity contribution in [2.75, 3.05) is 9.80 Å². The van der Waals surface area contributed by atoms with Gasteiger partial charge in [0.1, 0.15) is 11.6 Å². The van der Waals surface area contributed by atoms with Crippen LogP contribution in [0.15, 0.2) is 182 Å². The molecule has 0 radical (unpaired) electrons. The fraction of sp³-hybridized carbons (Fsp3) is 0.0204. The van der Waals surface area contributed by atoms with Gasteiger partial charge in [-0.25, -0.2) is 0 Å². The molecule has 0 bridgehead atoms. The Balaban J connectivity index is 1.16. The maximum absolute atomic E-state index is 2.42. The van der Waals surface area contributed by atoms with E-state index in [4.69, 9.17) is 0 Å². The van der Waals surface area contributed by atoms with E-state index in [0.717, 1.165) is 34.4 Å². The average molecular weight is 664 g/mol. The maximum Gasteiger partial charge on any atom is 0.119 e. The fourth-order valence-electron chi connectivity index (χ4n) is 8.71. The van der Waals surface area contributed by atoms with Gasteiger partial charge in [-0.05, 0) is 102 Å². The van der Waals surface area contributed by atoms with Gasteiger partial charge in [0.2, 0.25) is 0 Å². The molecular weight excluding hydrogens is 631 g/mol. The number of hydrogen-bond donors (Lipinski definition) is 0. The first-order valence-electron chi connectivity index (χ1n) is 17.9. The highest BCUT2D eigenvalue weighted by Crippen LogP contribution is 2.48. The Bertz CT molecular complexity index is 2850. The molecule has 244 valence electrons. The minimum absolute atomic E-state index is 1.08. The summed E-state index contributed by atoms with van der Waals surface area (Å²) in [6.07, 6.45) is 0. The molecule has 1 heterocycles. The summed E-state index contributed by atoms with van der Waals surface area (Å²) in [5, 5.41) is 15.3. The molecule has 3 nitrogen and oxygen atoms in total. The molecule has 11 rings (SSSR count). The van der Waals surface area contributed by atoms with Crippen LogP contribution in [0.1, 0.15) is 0 Å². The van der Waals surface area contributed by atoms with Gasteiger partial charge < -0.3 is 4.57 Å². The van der Waals surface area contributed by atoms with Crippen molar-refractivity contribution in [1.29, 1.82) is 0 Å². The molecule has 1 aromatic heterocycles. The molecule has 0 aliphatic rings. The highest BCUT2D eigenvalue weighted by atomic mass is 15.3. The van der Waals surface area contributed by atoms with Crippen LogP contribution in [-0.4, -0.2) is 4.57 Å². The topological polar surface area (TPSA) is 11.4 Å². The molecule has 0 fully saturated rings. The standard InChI is InChI=1S/C49H33N3/c1-50-44(51(38-14-4-2-5-15-38)42-28-24-36-20-18-32-10-8-12-34-22-26-40(42)48(36)46(32)34)30-31-45(50)52(39-16-6-3-7-17-39)43-29-25-37-21-19-33-11-9-13-35-23-27-41(43)49(37)47(33)35/h2-31H,1H3. The Morgan fingerprint density at radius 3 is 1.06 bits per heavy atom. The van der Waals surface area contributed by atoms with E-state index in [1.54, 1.807) is 0 Å². The molecule has 3 heteroatoms. The number of para-hydroxylation sites is 2. The molecule has 0 saturated carbocycles. The van der Waals surface area contributed by atoms with Crippen molar-refractivity contribution in [1.82, 2.24) is 4.57 Å². The Morgan fingerprint density at radius 1 is 0.308 bits per heavy atom. The summed E-state index contributed by atoms with van der Waals surface area (Å²) < 4.78 is 2.34. The van der Waals surface area contributed by atoms with Gasteiger partial charge in [0, 0.05) is 29.2 Å². The lowest BCUT2D eigenvalue weighted by atomic mass is 9.93. The van der Waals surface area contributed by atoms with Crippen LogP contribution in [-0.2, 0) is 7.05 Å². The van der Waals surface area contributed by atoms with E-state index >= 15 is 0 Å². The summed E-state index contributed by atoms with van der Waals surface area (Å²) in [5.41, 5.74) is 4.52. The first-order valence-corrected chi connectivity index (χ1v) is 17.9. The first kappa shape index (κ1) is 28.9. The summed E-state index contributed by atoms with van der Waals surface area (Å²) in [6.45, 7) is 0. The van der Waals surface area contributed by atoms with Gasteiger partial charge in [0.05, 0.1) is 11.4 Å². The number of nitrogens with zero attached hydrogens (tertiary/aromatic N) is 3. The van der Waals surface area contributed by atoms with Crippen LogP contribution in [0, 0.1) is 0 Å². The van der Waals surface area contributed by atoms with Gasteiger partial charge in [-0.15, -0.1) is 0 Å². The van der Waals surface area contributed by atoms with Crippen molar-refractivity contribution in [2.45, 2.75) is 0 Å². The maximum atomic E-state index is 2.42. The third-order valence-corrected chi connectivity index (χ3v) is 11.0. The van der Waals surface area contributed by atoms with Crippen LogP contribution in [0.5, 0.6) is 0 Å². The highest BCUT2D eigenvalue weighted by molar-refractivity contribution is 6.27. The van der Waals surface area contributed by atoms with E-state index in [1.807, 2.05) is 0 Å². The predicted molar refractivity (Wildman–Crippen MR) is 222 cm³/mol. The molecule has 11 aromatic rings. The van der Waals surface area contributed by atoms with Crippen molar-refractivity contribution in [3.05, 3.63) is 182 Å². The minimum Gasteiger partial charge on any atom is -0.316 e. The van der Waals surface area contributed by atoms with Gasteiger partial charge >= 0.3 is 0 Å². The first-order chi connectivity index (χ1) is 25.7. The Morgan fingerprint density at radius 2 is 0.654 bits per heavy atom. The predicted octanol–water partition coefficient (Wildman–Crippen LogP) is 13.8.